The number of aromatic nitrogens is 3. The number of hydrogen-bond acceptors (Lipinski definition) is 4. The predicted molar refractivity (Wildman–Crippen MR) is 76.5 cm³/mol. The highest BCUT2D eigenvalue weighted by Crippen LogP contribution is 2.27. The van der Waals surface area contributed by atoms with Crippen LogP contribution in [0.4, 0.5) is 0 Å². The highest BCUT2D eigenvalue weighted by molar-refractivity contribution is 5.28. The second kappa shape index (κ2) is 6.05. The molecule has 1 aliphatic rings. The Morgan fingerprint density at radius 1 is 1.40 bits per heavy atom. The third-order valence-electron chi connectivity index (χ3n) is 3.50. The zero-order chi connectivity index (χ0) is 13.8. The molecule has 0 amide bonds. The maximum Gasteiger partial charge on any atom is 0.119 e. The molecule has 1 saturated carbocycles. The summed E-state index contributed by atoms with van der Waals surface area (Å²) in [7, 11) is 1.68. The van der Waals surface area contributed by atoms with Gasteiger partial charge in [-0.3, -0.25) is 0 Å². The first-order chi connectivity index (χ1) is 9.83. The maximum atomic E-state index is 5.22. The van der Waals surface area contributed by atoms with Crippen LogP contribution in [-0.4, -0.2) is 28.6 Å². The van der Waals surface area contributed by atoms with E-state index in [1.807, 2.05) is 29.1 Å². The highest BCUT2D eigenvalue weighted by Gasteiger charge is 2.20. The Balaban J connectivity index is 1.55. The van der Waals surface area contributed by atoms with Crippen LogP contribution in [0.1, 0.15) is 24.1 Å². The zero-order valence-corrected chi connectivity index (χ0v) is 11.7. The third-order valence-corrected chi connectivity index (χ3v) is 3.50. The van der Waals surface area contributed by atoms with Gasteiger partial charge in [0.05, 0.1) is 25.5 Å². The molecule has 1 aromatic heterocycles. The Bertz CT molecular complexity index is 563. The first-order valence-electron chi connectivity index (χ1n) is 7.06. The molecular formula is C15H20N4O. The number of benzene rings is 1. The van der Waals surface area contributed by atoms with Crippen LogP contribution in [0.15, 0.2) is 30.5 Å². The molecule has 0 saturated heterocycles. The van der Waals surface area contributed by atoms with Crippen molar-refractivity contribution in [3.63, 3.8) is 0 Å². The van der Waals surface area contributed by atoms with Crippen molar-refractivity contribution in [2.24, 2.45) is 5.92 Å². The quantitative estimate of drug-likeness (QED) is 0.835. The van der Waals surface area contributed by atoms with Crippen LogP contribution in [0, 0.1) is 5.92 Å². The largest absolute Gasteiger partial charge is 0.497 e. The summed E-state index contributed by atoms with van der Waals surface area (Å²) in [5, 5.41) is 11.8. The Hall–Kier alpha value is -1.88. The minimum absolute atomic E-state index is 0.715. The molecule has 0 atom stereocenters. The first-order valence-corrected chi connectivity index (χ1v) is 7.06. The van der Waals surface area contributed by atoms with Gasteiger partial charge in [-0.1, -0.05) is 17.3 Å². The van der Waals surface area contributed by atoms with E-state index in [1.165, 1.54) is 12.8 Å². The molecule has 5 heteroatoms. The summed E-state index contributed by atoms with van der Waals surface area (Å²) < 4.78 is 7.09. The van der Waals surface area contributed by atoms with Crippen LogP contribution in [0.5, 0.6) is 5.75 Å². The zero-order valence-electron chi connectivity index (χ0n) is 11.7. The van der Waals surface area contributed by atoms with Crippen molar-refractivity contribution in [3.05, 3.63) is 41.7 Å². The standard InChI is InChI=1S/C15H20N4O/c1-20-15-4-2-3-13(7-15)10-19-11-14(17-18-19)9-16-8-12-5-6-12/h2-4,7,11-12,16H,5-6,8-10H2,1H3. The number of hydrogen-bond donors (Lipinski definition) is 1. The SMILES string of the molecule is COc1cccc(Cn2cc(CNCC3CC3)nn2)c1. The molecule has 1 heterocycles. The van der Waals surface area contributed by atoms with Gasteiger partial charge in [-0.15, -0.1) is 5.10 Å². The van der Waals surface area contributed by atoms with Crippen molar-refractivity contribution >= 4 is 0 Å². The van der Waals surface area contributed by atoms with Crippen LogP contribution < -0.4 is 10.1 Å². The fourth-order valence-electron chi connectivity index (χ4n) is 2.18. The average Bonchev–Trinajstić information content (AvgIpc) is 3.19. The Kier molecular flexibility index (Phi) is 3.97. The lowest BCUT2D eigenvalue weighted by molar-refractivity contribution is 0.414. The van der Waals surface area contributed by atoms with E-state index in [2.05, 4.69) is 21.7 Å². The van der Waals surface area contributed by atoms with Gasteiger partial charge in [0.15, 0.2) is 0 Å². The molecule has 0 spiro atoms. The van der Waals surface area contributed by atoms with Gasteiger partial charge in [-0.25, -0.2) is 4.68 Å². The molecule has 106 valence electrons. The van der Waals surface area contributed by atoms with E-state index in [1.54, 1.807) is 7.11 Å². The lowest BCUT2D eigenvalue weighted by Gasteiger charge is -2.04. The van der Waals surface area contributed by atoms with Crippen LogP contribution in [0.2, 0.25) is 0 Å². The molecule has 0 aliphatic heterocycles. The maximum absolute atomic E-state index is 5.22. The number of methoxy groups -OCH3 is 1. The van der Waals surface area contributed by atoms with E-state index in [-0.39, 0.29) is 0 Å². The van der Waals surface area contributed by atoms with E-state index in [0.29, 0.717) is 6.54 Å². The van der Waals surface area contributed by atoms with Crippen molar-refractivity contribution < 1.29 is 4.74 Å². The fraction of sp³-hybridized carbons (Fsp3) is 0.467. The Morgan fingerprint density at radius 3 is 3.10 bits per heavy atom. The monoisotopic (exact) mass is 272 g/mol. The van der Waals surface area contributed by atoms with Gasteiger partial charge in [0.2, 0.25) is 0 Å². The van der Waals surface area contributed by atoms with Crippen molar-refractivity contribution in [1.82, 2.24) is 20.3 Å². The molecule has 0 radical (unpaired) electrons. The molecule has 5 nitrogen and oxygen atoms in total. The first kappa shape index (κ1) is 13.1. The van der Waals surface area contributed by atoms with Gasteiger partial charge in [0.1, 0.15) is 5.75 Å². The summed E-state index contributed by atoms with van der Waals surface area (Å²) in [5.74, 6) is 1.76. The Morgan fingerprint density at radius 2 is 2.30 bits per heavy atom. The molecule has 0 unspecified atom stereocenters. The van der Waals surface area contributed by atoms with Crippen molar-refractivity contribution in [3.8, 4) is 5.75 Å². The van der Waals surface area contributed by atoms with Crippen LogP contribution in [0.25, 0.3) is 0 Å². The van der Waals surface area contributed by atoms with E-state index in [4.69, 9.17) is 4.74 Å². The van der Waals surface area contributed by atoms with E-state index >= 15 is 0 Å². The second-order valence-electron chi connectivity index (χ2n) is 5.33. The van der Waals surface area contributed by atoms with Gasteiger partial charge in [0, 0.05) is 6.54 Å². The summed E-state index contributed by atoms with van der Waals surface area (Å²) in [6.45, 7) is 2.62. The molecule has 20 heavy (non-hydrogen) atoms. The summed E-state index contributed by atoms with van der Waals surface area (Å²) >= 11 is 0. The second-order valence-corrected chi connectivity index (χ2v) is 5.33. The normalized spacial score (nSPS) is 14.4. The molecule has 1 fully saturated rings. The number of nitrogens with zero attached hydrogens (tertiary/aromatic N) is 3. The van der Waals surface area contributed by atoms with E-state index < -0.39 is 0 Å². The van der Waals surface area contributed by atoms with Crippen molar-refractivity contribution in [1.29, 1.82) is 0 Å². The van der Waals surface area contributed by atoms with E-state index in [0.717, 1.165) is 36.0 Å². The molecule has 1 aliphatic carbocycles. The minimum Gasteiger partial charge on any atom is -0.497 e. The van der Waals surface area contributed by atoms with Gasteiger partial charge in [0.25, 0.3) is 0 Å². The van der Waals surface area contributed by atoms with Crippen LogP contribution in [0.3, 0.4) is 0 Å². The topological polar surface area (TPSA) is 52.0 Å². The van der Waals surface area contributed by atoms with Gasteiger partial charge in [-0.05, 0) is 43.0 Å². The lowest BCUT2D eigenvalue weighted by Crippen LogP contribution is -2.16. The number of rotatable bonds is 7. The molecule has 3 rings (SSSR count). The van der Waals surface area contributed by atoms with Crippen molar-refractivity contribution in [2.75, 3.05) is 13.7 Å². The smallest absolute Gasteiger partial charge is 0.119 e. The molecule has 0 bridgehead atoms. The molecule has 1 N–H and O–H groups in total. The summed E-state index contributed by atoms with van der Waals surface area (Å²) in [6.07, 6.45) is 4.74. The molecular weight excluding hydrogens is 252 g/mol. The molecule has 1 aromatic carbocycles. The van der Waals surface area contributed by atoms with Crippen LogP contribution in [-0.2, 0) is 13.1 Å². The van der Waals surface area contributed by atoms with Crippen molar-refractivity contribution in [2.45, 2.75) is 25.9 Å². The number of ether oxygens (including phenoxy) is 1. The predicted octanol–water partition coefficient (Wildman–Crippen LogP) is 1.83. The van der Waals surface area contributed by atoms with Gasteiger partial charge < -0.3 is 10.1 Å². The summed E-state index contributed by atoms with van der Waals surface area (Å²) in [5.41, 5.74) is 2.15. The summed E-state index contributed by atoms with van der Waals surface area (Å²) in [6, 6.07) is 8.02. The lowest BCUT2D eigenvalue weighted by atomic mass is 10.2. The van der Waals surface area contributed by atoms with Gasteiger partial charge >= 0.3 is 0 Å². The molecule has 2 aromatic rings. The summed E-state index contributed by atoms with van der Waals surface area (Å²) in [4.78, 5) is 0. The Labute approximate surface area is 118 Å². The van der Waals surface area contributed by atoms with Crippen LogP contribution >= 0.6 is 0 Å². The van der Waals surface area contributed by atoms with Gasteiger partial charge in [-0.2, -0.15) is 0 Å². The third kappa shape index (κ3) is 3.57. The highest BCUT2D eigenvalue weighted by atomic mass is 16.5. The minimum atomic E-state index is 0.715. The fourth-order valence-corrected chi connectivity index (χ4v) is 2.18. The van der Waals surface area contributed by atoms with E-state index in [9.17, 15) is 0 Å². The average molecular weight is 272 g/mol. The number of nitrogens with one attached hydrogen (secondary N) is 1.